The maximum absolute atomic E-state index is 12.2. The molecule has 1 N–H and O–H groups in total. The first-order chi connectivity index (χ1) is 9.12. The molecule has 1 aromatic rings. The molecule has 0 unspecified atom stereocenters. The quantitative estimate of drug-likeness (QED) is 0.768. The van der Waals surface area contributed by atoms with Gasteiger partial charge in [-0.15, -0.1) is 11.3 Å². The summed E-state index contributed by atoms with van der Waals surface area (Å²) in [5, 5.41) is 9.09. The van der Waals surface area contributed by atoms with Gasteiger partial charge in [-0.2, -0.15) is 0 Å². The highest BCUT2D eigenvalue weighted by Gasteiger charge is 2.18. The first-order valence-electron chi connectivity index (χ1n) is 6.47. The molecule has 0 aliphatic rings. The zero-order valence-corrected chi connectivity index (χ0v) is 13.7. The fourth-order valence-electron chi connectivity index (χ4n) is 1.98. The van der Waals surface area contributed by atoms with Crippen molar-refractivity contribution >= 4 is 39.2 Å². The molecule has 106 valence electrons. The molecule has 1 amide bonds. The lowest BCUT2D eigenvalue weighted by molar-refractivity contribution is -0.128. The summed E-state index contributed by atoms with van der Waals surface area (Å²) >= 11 is 4.98. The van der Waals surface area contributed by atoms with Crippen LogP contribution >= 0.6 is 27.3 Å². The third-order valence-electron chi connectivity index (χ3n) is 2.99. The Labute approximate surface area is 127 Å². The van der Waals surface area contributed by atoms with Crippen molar-refractivity contribution in [1.82, 2.24) is 4.90 Å². The van der Waals surface area contributed by atoms with Gasteiger partial charge in [-0.25, -0.2) is 0 Å². The molecule has 3 nitrogen and oxygen atoms in total. The van der Waals surface area contributed by atoms with Crippen molar-refractivity contribution < 1.29 is 9.90 Å². The van der Waals surface area contributed by atoms with Crippen molar-refractivity contribution in [2.24, 2.45) is 0 Å². The number of carbonyl (C=O) groups excluding carboxylic acids is 1. The average molecular weight is 346 g/mol. The van der Waals surface area contributed by atoms with Crippen LogP contribution in [0.1, 0.15) is 31.6 Å². The number of nitrogens with zero attached hydrogens (tertiary/aromatic N) is 1. The second kappa shape index (κ2) is 8.51. The zero-order chi connectivity index (χ0) is 14.3. The second-order valence-electron chi connectivity index (χ2n) is 4.20. The van der Waals surface area contributed by atoms with Gasteiger partial charge < -0.3 is 10.0 Å². The summed E-state index contributed by atoms with van der Waals surface area (Å²) in [7, 11) is 0. The lowest BCUT2D eigenvalue weighted by Crippen LogP contribution is -2.40. The lowest BCUT2D eigenvalue weighted by Gasteiger charge is -2.28. The smallest absolute Gasteiger partial charge is 0.246 e. The minimum absolute atomic E-state index is 0.000625. The van der Waals surface area contributed by atoms with Gasteiger partial charge in [0, 0.05) is 23.5 Å². The summed E-state index contributed by atoms with van der Waals surface area (Å²) in [4.78, 5) is 15.0. The topological polar surface area (TPSA) is 40.5 Å². The van der Waals surface area contributed by atoms with Crippen molar-refractivity contribution in [1.29, 1.82) is 0 Å². The molecule has 0 spiro atoms. The third-order valence-corrected chi connectivity index (χ3v) is 4.58. The van der Waals surface area contributed by atoms with Crippen LogP contribution in [-0.4, -0.2) is 35.1 Å². The Hall–Kier alpha value is -0.650. The normalized spacial score (nSPS) is 11.4. The van der Waals surface area contributed by atoms with Crippen LogP contribution in [-0.2, 0) is 4.79 Å². The van der Waals surface area contributed by atoms with E-state index in [1.165, 1.54) is 0 Å². The highest BCUT2D eigenvalue weighted by molar-refractivity contribution is 9.11. The number of aliphatic hydroxyl groups excluding tert-OH is 1. The Morgan fingerprint density at radius 3 is 2.63 bits per heavy atom. The maximum Gasteiger partial charge on any atom is 0.246 e. The average Bonchev–Trinajstić information content (AvgIpc) is 2.82. The van der Waals surface area contributed by atoms with Crippen molar-refractivity contribution in [3.05, 3.63) is 26.9 Å². The Balaban J connectivity index is 2.73. The fraction of sp³-hybridized carbons (Fsp3) is 0.500. The van der Waals surface area contributed by atoms with E-state index in [9.17, 15) is 4.79 Å². The molecule has 1 rings (SSSR count). The number of carbonyl (C=O) groups is 1. The van der Waals surface area contributed by atoms with Crippen LogP contribution < -0.4 is 0 Å². The number of rotatable bonds is 7. The van der Waals surface area contributed by atoms with E-state index in [1.807, 2.05) is 18.2 Å². The molecule has 0 bridgehead atoms. The number of aliphatic hydroxyl groups is 1. The first-order valence-corrected chi connectivity index (χ1v) is 8.08. The highest BCUT2D eigenvalue weighted by Crippen LogP contribution is 2.23. The van der Waals surface area contributed by atoms with Crippen LogP contribution in [0.3, 0.4) is 0 Å². The van der Waals surface area contributed by atoms with E-state index in [1.54, 1.807) is 22.3 Å². The third kappa shape index (κ3) is 5.09. The van der Waals surface area contributed by atoms with E-state index >= 15 is 0 Å². The summed E-state index contributed by atoms with van der Waals surface area (Å²) in [6, 6.07) is 4.12. The van der Waals surface area contributed by atoms with Crippen LogP contribution in [0.5, 0.6) is 0 Å². The Kier molecular flexibility index (Phi) is 7.34. The number of amides is 1. The Morgan fingerprint density at radius 2 is 2.16 bits per heavy atom. The van der Waals surface area contributed by atoms with E-state index in [4.69, 9.17) is 5.11 Å². The maximum atomic E-state index is 12.2. The van der Waals surface area contributed by atoms with Crippen molar-refractivity contribution in [2.45, 2.75) is 32.7 Å². The molecule has 0 saturated carbocycles. The summed E-state index contributed by atoms with van der Waals surface area (Å²) in [6.45, 7) is 4.52. The SMILES string of the molecule is CCC(CC)N(CCO)C(=O)/C=C/c1ccc(Br)s1. The second-order valence-corrected chi connectivity index (χ2v) is 6.70. The molecule has 0 fully saturated rings. The molecule has 19 heavy (non-hydrogen) atoms. The number of thiophene rings is 1. The van der Waals surface area contributed by atoms with E-state index in [0.717, 1.165) is 21.5 Å². The van der Waals surface area contributed by atoms with Crippen molar-refractivity contribution in [3.8, 4) is 0 Å². The van der Waals surface area contributed by atoms with Crippen LogP contribution in [0.15, 0.2) is 22.0 Å². The van der Waals surface area contributed by atoms with Gasteiger partial charge in [-0.1, -0.05) is 13.8 Å². The molecular formula is C14H20BrNO2S. The molecule has 0 atom stereocenters. The predicted octanol–water partition coefficient (Wildman–Crippen LogP) is 3.53. The van der Waals surface area contributed by atoms with Crippen LogP contribution in [0.2, 0.25) is 0 Å². The molecule has 1 heterocycles. The van der Waals surface area contributed by atoms with Gasteiger partial charge in [-0.05, 0) is 47.0 Å². The predicted molar refractivity (Wildman–Crippen MR) is 84.2 cm³/mol. The van der Waals surface area contributed by atoms with Gasteiger partial charge in [0.15, 0.2) is 0 Å². The van der Waals surface area contributed by atoms with Crippen molar-refractivity contribution in [3.63, 3.8) is 0 Å². The molecule has 1 aromatic heterocycles. The fourth-order valence-corrected chi connectivity index (χ4v) is 3.30. The lowest BCUT2D eigenvalue weighted by atomic mass is 10.1. The first kappa shape index (κ1) is 16.4. The van der Waals surface area contributed by atoms with Crippen LogP contribution in [0, 0.1) is 0 Å². The van der Waals surface area contributed by atoms with Crippen LogP contribution in [0.25, 0.3) is 6.08 Å². The highest BCUT2D eigenvalue weighted by atomic mass is 79.9. The standard InChI is InChI=1S/C14H20BrNO2S/c1-3-11(4-2)16(9-10-17)14(18)8-6-12-5-7-13(15)19-12/h5-8,11,17H,3-4,9-10H2,1-2H3/b8-6+. The van der Waals surface area contributed by atoms with Crippen molar-refractivity contribution in [2.75, 3.05) is 13.2 Å². The van der Waals surface area contributed by atoms with E-state index in [-0.39, 0.29) is 18.6 Å². The molecule has 0 radical (unpaired) electrons. The Bertz CT molecular complexity index is 427. The minimum Gasteiger partial charge on any atom is -0.395 e. The molecule has 0 saturated heterocycles. The van der Waals surface area contributed by atoms with Gasteiger partial charge in [0.1, 0.15) is 0 Å². The van der Waals surface area contributed by atoms with E-state index in [0.29, 0.717) is 6.54 Å². The molecular weight excluding hydrogens is 326 g/mol. The monoisotopic (exact) mass is 345 g/mol. The van der Waals surface area contributed by atoms with Gasteiger partial charge >= 0.3 is 0 Å². The summed E-state index contributed by atoms with van der Waals surface area (Å²) in [5.41, 5.74) is 0. The van der Waals surface area contributed by atoms with Gasteiger partial charge in [0.25, 0.3) is 0 Å². The zero-order valence-electron chi connectivity index (χ0n) is 11.3. The number of hydrogen-bond donors (Lipinski definition) is 1. The summed E-state index contributed by atoms with van der Waals surface area (Å²) < 4.78 is 1.05. The van der Waals surface area contributed by atoms with Gasteiger partial charge in [0.05, 0.1) is 10.4 Å². The molecule has 0 aromatic carbocycles. The van der Waals surface area contributed by atoms with Gasteiger partial charge in [-0.3, -0.25) is 4.79 Å². The van der Waals surface area contributed by atoms with E-state index < -0.39 is 0 Å². The van der Waals surface area contributed by atoms with E-state index in [2.05, 4.69) is 29.8 Å². The summed E-state index contributed by atoms with van der Waals surface area (Å²) in [5.74, 6) is -0.0349. The largest absolute Gasteiger partial charge is 0.395 e. The number of halogens is 1. The minimum atomic E-state index is -0.0349. The number of hydrogen-bond acceptors (Lipinski definition) is 3. The Morgan fingerprint density at radius 1 is 1.47 bits per heavy atom. The van der Waals surface area contributed by atoms with Gasteiger partial charge in [0.2, 0.25) is 5.91 Å². The molecule has 5 heteroatoms. The molecule has 0 aliphatic heterocycles. The summed E-state index contributed by atoms with van der Waals surface area (Å²) in [6.07, 6.45) is 5.22. The van der Waals surface area contributed by atoms with Crippen LogP contribution in [0.4, 0.5) is 0 Å². The molecule has 0 aliphatic carbocycles.